The third kappa shape index (κ3) is 7.52. The fraction of sp³-hybridized carbons (Fsp3) is 0.529. The molecule has 128 valence electrons. The summed E-state index contributed by atoms with van der Waals surface area (Å²) in [6, 6.07) is 8.05. The van der Waals surface area contributed by atoms with Gasteiger partial charge in [-0.15, -0.1) is 0 Å². The van der Waals surface area contributed by atoms with Crippen LogP contribution in [0.4, 0.5) is 5.69 Å². The molecule has 0 saturated heterocycles. The molecular formula is C17H27N3O2S. The number of thioether (sulfide) groups is 1. The lowest BCUT2D eigenvalue weighted by atomic mass is 10.0. The van der Waals surface area contributed by atoms with Crippen LogP contribution in [0.25, 0.3) is 0 Å². The average Bonchev–Trinajstić information content (AvgIpc) is 2.52. The molecule has 2 amide bonds. The van der Waals surface area contributed by atoms with Gasteiger partial charge in [0.2, 0.25) is 11.8 Å². The van der Waals surface area contributed by atoms with Crippen LogP contribution >= 0.6 is 11.8 Å². The standard InChI is InChI=1S/C17H27N3O2S/c1-12(2)11-15(20-16(21)14(18)9-10-23-3)17(22)19-13-7-5-4-6-8-13/h4-8,12,14-15H,9-11,18H2,1-3H3,(H,19,22)(H,20,21)/t14-,15-/m0/s1. The Kier molecular flexibility index (Phi) is 8.73. The van der Waals surface area contributed by atoms with E-state index in [0.717, 1.165) is 5.75 Å². The summed E-state index contributed by atoms with van der Waals surface area (Å²) in [6.45, 7) is 4.03. The van der Waals surface area contributed by atoms with Gasteiger partial charge in [-0.1, -0.05) is 32.0 Å². The fourth-order valence-electron chi connectivity index (χ4n) is 2.11. The first kappa shape index (κ1) is 19.5. The quantitative estimate of drug-likeness (QED) is 0.645. The zero-order valence-corrected chi connectivity index (χ0v) is 14.9. The molecule has 0 bridgehead atoms. The van der Waals surface area contributed by atoms with Crippen LogP contribution in [-0.2, 0) is 9.59 Å². The van der Waals surface area contributed by atoms with E-state index in [2.05, 4.69) is 10.6 Å². The lowest BCUT2D eigenvalue weighted by Crippen LogP contribution is -2.50. The molecule has 23 heavy (non-hydrogen) atoms. The number of rotatable bonds is 9. The van der Waals surface area contributed by atoms with E-state index >= 15 is 0 Å². The fourth-order valence-corrected chi connectivity index (χ4v) is 2.60. The van der Waals surface area contributed by atoms with Gasteiger partial charge in [-0.2, -0.15) is 11.8 Å². The highest BCUT2D eigenvalue weighted by atomic mass is 32.2. The Labute approximate surface area is 142 Å². The van der Waals surface area contributed by atoms with Crippen molar-refractivity contribution in [3.8, 4) is 0 Å². The third-order valence-electron chi connectivity index (χ3n) is 3.35. The number of nitrogens with one attached hydrogen (secondary N) is 2. The van der Waals surface area contributed by atoms with Crippen LogP contribution in [0, 0.1) is 5.92 Å². The SMILES string of the molecule is CSCC[C@H](N)C(=O)N[C@@H](CC(C)C)C(=O)Nc1ccccc1. The van der Waals surface area contributed by atoms with Crippen molar-refractivity contribution in [2.45, 2.75) is 38.8 Å². The first-order valence-electron chi connectivity index (χ1n) is 7.84. The van der Waals surface area contributed by atoms with Gasteiger partial charge in [0.1, 0.15) is 6.04 Å². The Morgan fingerprint density at radius 3 is 2.39 bits per heavy atom. The minimum Gasteiger partial charge on any atom is -0.343 e. The molecule has 0 heterocycles. The van der Waals surface area contributed by atoms with Crippen LogP contribution in [0.3, 0.4) is 0 Å². The highest BCUT2D eigenvalue weighted by Crippen LogP contribution is 2.10. The van der Waals surface area contributed by atoms with Crippen molar-refractivity contribution in [1.82, 2.24) is 5.32 Å². The lowest BCUT2D eigenvalue weighted by Gasteiger charge is -2.22. The van der Waals surface area contributed by atoms with Gasteiger partial charge in [0, 0.05) is 5.69 Å². The topological polar surface area (TPSA) is 84.2 Å². The molecule has 6 heteroatoms. The Morgan fingerprint density at radius 2 is 1.83 bits per heavy atom. The van der Waals surface area contributed by atoms with E-state index < -0.39 is 12.1 Å². The zero-order chi connectivity index (χ0) is 17.2. The molecule has 0 spiro atoms. The van der Waals surface area contributed by atoms with E-state index in [-0.39, 0.29) is 17.7 Å². The van der Waals surface area contributed by atoms with E-state index in [9.17, 15) is 9.59 Å². The van der Waals surface area contributed by atoms with Crippen molar-refractivity contribution in [2.24, 2.45) is 11.7 Å². The Morgan fingerprint density at radius 1 is 1.17 bits per heavy atom. The van der Waals surface area contributed by atoms with Gasteiger partial charge in [0.15, 0.2) is 0 Å². The number of carbonyl (C=O) groups excluding carboxylic acids is 2. The van der Waals surface area contributed by atoms with Gasteiger partial charge in [-0.25, -0.2) is 0 Å². The maximum atomic E-state index is 12.4. The molecule has 2 atom stereocenters. The number of benzene rings is 1. The molecule has 5 nitrogen and oxygen atoms in total. The van der Waals surface area contributed by atoms with Gasteiger partial charge in [0.25, 0.3) is 0 Å². The first-order chi connectivity index (χ1) is 10.9. The van der Waals surface area contributed by atoms with Crippen molar-refractivity contribution < 1.29 is 9.59 Å². The van der Waals surface area contributed by atoms with Gasteiger partial charge >= 0.3 is 0 Å². The second-order valence-corrected chi connectivity index (χ2v) is 6.92. The predicted molar refractivity (Wildman–Crippen MR) is 97.4 cm³/mol. The maximum absolute atomic E-state index is 12.4. The van der Waals surface area contributed by atoms with Crippen molar-refractivity contribution in [1.29, 1.82) is 0 Å². The average molecular weight is 337 g/mol. The summed E-state index contributed by atoms with van der Waals surface area (Å²) in [5.74, 6) is 0.618. The van der Waals surface area contributed by atoms with Gasteiger partial charge in [-0.3, -0.25) is 9.59 Å². The molecule has 0 saturated carbocycles. The molecule has 0 fully saturated rings. The number of hydrogen-bond acceptors (Lipinski definition) is 4. The normalized spacial score (nSPS) is 13.4. The summed E-state index contributed by atoms with van der Waals surface area (Å²) in [6.07, 6.45) is 3.14. The zero-order valence-electron chi connectivity index (χ0n) is 14.0. The monoisotopic (exact) mass is 337 g/mol. The summed E-state index contributed by atoms with van der Waals surface area (Å²) < 4.78 is 0. The molecule has 4 N–H and O–H groups in total. The van der Waals surface area contributed by atoms with Gasteiger partial charge < -0.3 is 16.4 Å². The molecule has 0 aromatic heterocycles. The first-order valence-corrected chi connectivity index (χ1v) is 9.24. The summed E-state index contributed by atoms with van der Waals surface area (Å²) >= 11 is 1.65. The van der Waals surface area contributed by atoms with Crippen LogP contribution in [0.1, 0.15) is 26.7 Å². The van der Waals surface area contributed by atoms with Crippen LogP contribution < -0.4 is 16.4 Å². The van der Waals surface area contributed by atoms with Crippen molar-refractivity contribution in [3.63, 3.8) is 0 Å². The van der Waals surface area contributed by atoms with E-state index in [1.807, 2.05) is 50.4 Å². The minimum absolute atomic E-state index is 0.213. The number of carbonyl (C=O) groups is 2. The summed E-state index contributed by atoms with van der Waals surface area (Å²) in [4.78, 5) is 24.6. The Hall–Kier alpha value is -1.53. The molecule has 0 aliphatic heterocycles. The maximum Gasteiger partial charge on any atom is 0.246 e. The minimum atomic E-state index is -0.582. The van der Waals surface area contributed by atoms with Crippen LogP contribution in [-0.4, -0.2) is 35.9 Å². The highest BCUT2D eigenvalue weighted by molar-refractivity contribution is 7.98. The predicted octanol–water partition coefficient (Wildman–Crippen LogP) is 2.24. The number of anilines is 1. The van der Waals surface area contributed by atoms with E-state index in [1.165, 1.54) is 0 Å². The van der Waals surface area contributed by atoms with E-state index in [4.69, 9.17) is 5.73 Å². The highest BCUT2D eigenvalue weighted by Gasteiger charge is 2.24. The summed E-state index contributed by atoms with van der Waals surface area (Å²) in [5, 5.41) is 5.63. The number of amides is 2. The van der Waals surface area contributed by atoms with Crippen LogP contribution in [0.15, 0.2) is 30.3 Å². The molecule has 0 aliphatic rings. The lowest BCUT2D eigenvalue weighted by molar-refractivity contribution is -0.127. The second-order valence-electron chi connectivity index (χ2n) is 5.93. The largest absolute Gasteiger partial charge is 0.343 e. The van der Waals surface area contributed by atoms with Crippen molar-refractivity contribution in [3.05, 3.63) is 30.3 Å². The molecule has 0 radical (unpaired) electrons. The van der Waals surface area contributed by atoms with Crippen molar-refractivity contribution >= 4 is 29.3 Å². The van der Waals surface area contributed by atoms with Gasteiger partial charge in [0.05, 0.1) is 6.04 Å². The Bertz CT molecular complexity index is 494. The van der Waals surface area contributed by atoms with Crippen molar-refractivity contribution in [2.75, 3.05) is 17.3 Å². The molecule has 1 rings (SSSR count). The summed E-state index contributed by atoms with van der Waals surface area (Å²) in [7, 11) is 0. The molecule has 1 aromatic rings. The molecule has 1 aromatic carbocycles. The van der Waals surface area contributed by atoms with Crippen LogP contribution in [0.5, 0.6) is 0 Å². The van der Waals surface area contributed by atoms with E-state index in [1.54, 1.807) is 11.8 Å². The Balaban J connectivity index is 2.67. The number of para-hydroxylation sites is 1. The molecular weight excluding hydrogens is 310 g/mol. The molecule has 0 unspecified atom stereocenters. The van der Waals surface area contributed by atoms with Gasteiger partial charge in [-0.05, 0) is 42.9 Å². The third-order valence-corrected chi connectivity index (χ3v) is 4.00. The number of nitrogens with two attached hydrogens (primary N) is 1. The smallest absolute Gasteiger partial charge is 0.246 e. The van der Waals surface area contributed by atoms with E-state index in [0.29, 0.717) is 18.5 Å². The number of hydrogen-bond donors (Lipinski definition) is 3. The second kappa shape index (κ2) is 10.3. The van der Waals surface area contributed by atoms with Crippen LogP contribution in [0.2, 0.25) is 0 Å². The molecule has 0 aliphatic carbocycles. The summed E-state index contributed by atoms with van der Waals surface area (Å²) in [5.41, 5.74) is 6.59.